The molecule has 112 valence electrons. The molecule has 1 aromatic carbocycles. The highest BCUT2D eigenvalue weighted by Crippen LogP contribution is 2.17. The fraction of sp³-hybridized carbons (Fsp3) is 0.222. The highest BCUT2D eigenvalue weighted by molar-refractivity contribution is 5.92. The molecule has 1 aliphatic rings. The quantitative estimate of drug-likeness (QED) is 0.881. The Balaban J connectivity index is 1.52. The summed E-state index contributed by atoms with van der Waals surface area (Å²) in [5.41, 5.74) is 1.03. The van der Waals surface area contributed by atoms with Crippen molar-refractivity contribution in [2.24, 2.45) is 0 Å². The molecule has 4 nitrogen and oxygen atoms in total. The Kier molecular flexibility index (Phi) is 4.49. The van der Waals surface area contributed by atoms with Gasteiger partial charge in [-0.2, -0.15) is 0 Å². The molecule has 3 rings (SSSR count). The van der Waals surface area contributed by atoms with E-state index in [-0.39, 0.29) is 11.9 Å². The summed E-state index contributed by atoms with van der Waals surface area (Å²) in [6.07, 6.45) is 6.17. The standard InChI is InChI=1S/C18H19N3O/c22-18(10-9-15-6-2-1-3-7-15)20-16-11-13-21(14-16)17-8-4-5-12-19-17/h1-10,12,16H,11,13-14H2,(H,20,22)/b10-9+/t16-/m1/s1. The number of anilines is 1. The lowest BCUT2D eigenvalue weighted by Gasteiger charge is -2.17. The molecule has 0 bridgehead atoms. The zero-order chi connectivity index (χ0) is 15.2. The van der Waals surface area contributed by atoms with E-state index in [9.17, 15) is 4.79 Å². The molecular weight excluding hydrogens is 274 g/mol. The second-order valence-electron chi connectivity index (χ2n) is 5.37. The van der Waals surface area contributed by atoms with Crippen molar-refractivity contribution in [2.75, 3.05) is 18.0 Å². The number of benzene rings is 1. The molecule has 0 spiro atoms. The summed E-state index contributed by atoms with van der Waals surface area (Å²) < 4.78 is 0. The molecule has 22 heavy (non-hydrogen) atoms. The van der Waals surface area contributed by atoms with Crippen LogP contribution in [0.15, 0.2) is 60.8 Å². The van der Waals surface area contributed by atoms with Crippen molar-refractivity contribution in [3.63, 3.8) is 0 Å². The topological polar surface area (TPSA) is 45.2 Å². The van der Waals surface area contributed by atoms with Gasteiger partial charge in [-0.25, -0.2) is 4.98 Å². The Hall–Kier alpha value is -2.62. The van der Waals surface area contributed by atoms with Gasteiger partial charge < -0.3 is 10.2 Å². The summed E-state index contributed by atoms with van der Waals surface area (Å²) in [6.45, 7) is 1.73. The third kappa shape index (κ3) is 3.73. The van der Waals surface area contributed by atoms with Gasteiger partial charge in [0.25, 0.3) is 0 Å². The van der Waals surface area contributed by atoms with E-state index in [1.54, 1.807) is 12.3 Å². The summed E-state index contributed by atoms with van der Waals surface area (Å²) in [4.78, 5) is 18.5. The number of rotatable bonds is 4. The maximum absolute atomic E-state index is 12.0. The normalized spacial score (nSPS) is 17.8. The van der Waals surface area contributed by atoms with Gasteiger partial charge in [0, 0.05) is 31.4 Å². The monoisotopic (exact) mass is 293 g/mol. The molecular formula is C18H19N3O. The first-order valence-electron chi connectivity index (χ1n) is 7.51. The van der Waals surface area contributed by atoms with Gasteiger partial charge in [0.15, 0.2) is 0 Å². The number of carbonyl (C=O) groups excluding carboxylic acids is 1. The molecule has 1 aromatic heterocycles. The van der Waals surface area contributed by atoms with Crippen LogP contribution in [0.25, 0.3) is 6.08 Å². The third-order valence-electron chi connectivity index (χ3n) is 3.73. The average Bonchev–Trinajstić information content (AvgIpc) is 3.03. The van der Waals surface area contributed by atoms with Gasteiger partial charge in [0.2, 0.25) is 5.91 Å². The highest BCUT2D eigenvalue weighted by atomic mass is 16.1. The average molecular weight is 293 g/mol. The minimum atomic E-state index is -0.0447. The molecule has 1 amide bonds. The minimum absolute atomic E-state index is 0.0447. The fourth-order valence-electron chi connectivity index (χ4n) is 2.61. The van der Waals surface area contributed by atoms with E-state index in [0.717, 1.165) is 30.9 Å². The summed E-state index contributed by atoms with van der Waals surface area (Å²) >= 11 is 0. The Morgan fingerprint density at radius 2 is 2.00 bits per heavy atom. The van der Waals surface area contributed by atoms with E-state index in [4.69, 9.17) is 0 Å². The lowest BCUT2D eigenvalue weighted by Crippen LogP contribution is -2.36. The molecule has 1 saturated heterocycles. The van der Waals surface area contributed by atoms with Crippen LogP contribution < -0.4 is 10.2 Å². The molecule has 0 radical (unpaired) electrons. The lowest BCUT2D eigenvalue weighted by molar-refractivity contribution is -0.117. The summed E-state index contributed by atoms with van der Waals surface area (Å²) in [5, 5.41) is 3.05. The lowest BCUT2D eigenvalue weighted by atomic mass is 10.2. The number of nitrogens with zero attached hydrogens (tertiary/aromatic N) is 2. The fourth-order valence-corrected chi connectivity index (χ4v) is 2.61. The number of hydrogen-bond donors (Lipinski definition) is 1. The molecule has 1 aliphatic heterocycles. The van der Waals surface area contributed by atoms with Crippen LogP contribution in [0.2, 0.25) is 0 Å². The van der Waals surface area contributed by atoms with Crippen LogP contribution in [0, 0.1) is 0 Å². The Bertz CT molecular complexity index is 640. The summed E-state index contributed by atoms with van der Waals surface area (Å²) in [5.74, 6) is 0.927. The van der Waals surface area contributed by atoms with Crippen LogP contribution in [0.4, 0.5) is 5.82 Å². The zero-order valence-corrected chi connectivity index (χ0v) is 12.4. The van der Waals surface area contributed by atoms with E-state index in [2.05, 4.69) is 15.2 Å². The number of carbonyl (C=O) groups is 1. The predicted molar refractivity (Wildman–Crippen MR) is 88.5 cm³/mol. The van der Waals surface area contributed by atoms with Gasteiger partial charge >= 0.3 is 0 Å². The van der Waals surface area contributed by atoms with Crippen molar-refractivity contribution in [1.29, 1.82) is 0 Å². The van der Waals surface area contributed by atoms with Crippen molar-refractivity contribution >= 4 is 17.8 Å². The second kappa shape index (κ2) is 6.89. The highest BCUT2D eigenvalue weighted by Gasteiger charge is 2.23. The molecule has 0 saturated carbocycles. The molecule has 1 fully saturated rings. The zero-order valence-electron chi connectivity index (χ0n) is 12.4. The van der Waals surface area contributed by atoms with Crippen LogP contribution in [0.1, 0.15) is 12.0 Å². The first kappa shape index (κ1) is 14.3. The van der Waals surface area contributed by atoms with E-state index in [1.165, 1.54) is 0 Å². The van der Waals surface area contributed by atoms with Crippen LogP contribution >= 0.6 is 0 Å². The largest absolute Gasteiger partial charge is 0.354 e. The first-order chi connectivity index (χ1) is 10.8. The van der Waals surface area contributed by atoms with E-state index in [1.807, 2.05) is 54.6 Å². The minimum Gasteiger partial charge on any atom is -0.354 e. The van der Waals surface area contributed by atoms with Crippen molar-refractivity contribution < 1.29 is 4.79 Å². The first-order valence-corrected chi connectivity index (χ1v) is 7.51. The number of aromatic nitrogens is 1. The number of hydrogen-bond acceptors (Lipinski definition) is 3. The predicted octanol–water partition coefficient (Wildman–Crippen LogP) is 2.49. The SMILES string of the molecule is O=C(/C=C/c1ccccc1)N[C@@H]1CCN(c2ccccn2)C1. The van der Waals surface area contributed by atoms with E-state index in [0.29, 0.717) is 0 Å². The van der Waals surface area contributed by atoms with Crippen LogP contribution in [-0.2, 0) is 4.79 Å². The van der Waals surface area contributed by atoms with Crippen molar-refractivity contribution in [2.45, 2.75) is 12.5 Å². The molecule has 2 heterocycles. The number of amides is 1. The van der Waals surface area contributed by atoms with Crippen LogP contribution in [0.3, 0.4) is 0 Å². The number of nitrogens with one attached hydrogen (secondary N) is 1. The van der Waals surface area contributed by atoms with Gasteiger partial charge in [-0.05, 0) is 30.2 Å². The number of pyridine rings is 1. The van der Waals surface area contributed by atoms with Gasteiger partial charge in [0.1, 0.15) is 5.82 Å². The van der Waals surface area contributed by atoms with Gasteiger partial charge in [-0.1, -0.05) is 36.4 Å². The molecule has 0 unspecified atom stereocenters. The summed E-state index contributed by atoms with van der Waals surface area (Å²) in [6, 6.07) is 15.9. The Labute approximate surface area is 130 Å². The maximum Gasteiger partial charge on any atom is 0.244 e. The van der Waals surface area contributed by atoms with Crippen LogP contribution in [-0.4, -0.2) is 30.0 Å². The Morgan fingerprint density at radius 3 is 2.77 bits per heavy atom. The van der Waals surface area contributed by atoms with Crippen molar-refractivity contribution in [1.82, 2.24) is 10.3 Å². The third-order valence-corrected chi connectivity index (χ3v) is 3.73. The van der Waals surface area contributed by atoms with Gasteiger partial charge in [-0.3, -0.25) is 4.79 Å². The van der Waals surface area contributed by atoms with Crippen LogP contribution in [0.5, 0.6) is 0 Å². The maximum atomic E-state index is 12.0. The molecule has 1 atom stereocenters. The van der Waals surface area contributed by atoms with E-state index < -0.39 is 0 Å². The van der Waals surface area contributed by atoms with E-state index >= 15 is 0 Å². The van der Waals surface area contributed by atoms with Gasteiger partial charge in [0.05, 0.1) is 0 Å². The molecule has 2 aromatic rings. The molecule has 1 N–H and O–H groups in total. The van der Waals surface area contributed by atoms with Crippen molar-refractivity contribution in [3.8, 4) is 0 Å². The smallest absolute Gasteiger partial charge is 0.244 e. The van der Waals surface area contributed by atoms with Gasteiger partial charge in [-0.15, -0.1) is 0 Å². The molecule has 4 heteroatoms. The Morgan fingerprint density at radius 1 is 1.18 bits per heavy atom. The molecule has 0 aliphatic carbocycles. The summed E-state index contributed by atoms with van der Waals surface area (Å²) in [7, 11) is 0. The second-order valence-corrected chi connectivity index (χ2v) is 5.37. The van der Waals surface area contributed by atoms with Crippen molar-refractivity contribution in [3.05, 3.63) is 66.4 Å².